The maximum Gasteiger partial charge on any atom is 0.410 e. The third-order valence-corrected chi connectivity index (χ3v) is 8.65. The van der Waals surface area contributed by atoms with Crippen LogP contribution >= 0.6 is 0 Å². The number of likely N-dealkylation sites (N-methyl/N-ethyl adjacent to an activating group) is 1. The molecule has 1 saturated heterocycles. The third kappa shape index (κ3) is 6.90. The minimum Gasteiger partial charge on any atom is -0.444 e. The SMILES string of the molecule is Cc1cc(-c2c(F)cc(S(=O)(=O)N3CC[C@H](F)C3)cc2F)c(F)c2nc(C(=O)NCCN(C)C(=O)OC(C)(C)C)ccc12. The van der Waals surface area contributed by atoms with Crippen LogP contribution in [0.4, 0.5) is 22.4 Å². The van der Waals surface area contributed by atoms with Gasteiger partial charge in [-0.1, -0.05) is 6.07 Å². The number of fused-ring (bicyclic) bond motifs is 1. The molecule has 0 spiro atoms. The number of benzene rings is 2. The lowest BCUT2D eigenvalue weighted by atomic mass is 9.98. The summed E-state index contributed by atoms with van der Waals surface area (Å²) in [5.41, 5.74) is -2.13. The first kappa shape index (κ1) is 32.1. The molecule has 2 heterocycles. The van der Waals surface area contributed by atoms with Crippen LogP contribution in [0.15, 0.2) is 35.2 Å². The summed E-state index contributed by atoms with van der Waals surface area (Å²) in [6, 6.07) is 5.16. The number of hydrogen-bond donors (Lipinski definition) is 1. The van der Waals surface area contributed by atoms with Crippen LogP contribution in [0.25, 0.3) is 22.0 Å². The summed E-state index contributed by atoms with van der Waals surface area (Å²) in [6.07, 6.45) is -1.98. The molecule has 232 valence electrons. The topological polar surface area (TPSA) is 109 Å². The van der Waals surface area contributed by atoms with E-state index in [0.717, 1.165) is 4.31 Å². The lowest BCUT2D eigenvalue weighted by Crippen LogP contribution is -2.39. The van der Waals surface area contributed by atoms with Crippen LogP contribution < -0.4 is 5.32 Å². The van der Waals surface area contributed by atoms with Crippen LogP contribution in [0, 0.1) is 24.4 Å². The third-order valence-electron chi connectivity index (χ3n) is 6.81. The molecular formula is C29H32F4N4O5S. The van der Waals surface area contributed by atoms with E-state index < -0.39 is 73.8 Å². The van der Waals surface area contributed by atoms with E-state index >= 15 is 13.2 Å². The minimum absolute atomic E-state index is 0.0278. The number of rotatable bonds is 7. The Labute approximate surface area is 246 Å². The van der Waals surface area contributed by atoms with Gasteiger partial charge in [0.15, 0.2) is 5.82 Å². The number of aromatic nitrogens is 1. The highest BCUT2D eigenvalue weighted by Crippen LogP contribution is 2.36. The maximum atomic E-state index is 15.8. The lowest BCUT2D eigenvalue weighted by molar-refractivity contribution is 0.0299. The second kappa shape index (κ2) is 12.1. The van der Waals surface area contributed by atoms with Gasteiger partial charge in [0.25, 0.3) is 5.91 Å². The van der Waals surface area contributed by atoms with E-state index in [-0.39, 0.29) is 42.7 Å². The Kier molecular flexibility index (Phi) is 9.03. The van der Waals surface area contributed by atoms with Gasteiger partial charge < -0.3 is 15.0 Å². The van der Waals surface area contributed by atoms with E-state index in [1.54, 1.807) is 27.7 Å². The summed E-state index contributed by atoms with van der Waals surface area (Å²) < 4.78 is 91.6. The molecule has 4 rings (SSSR count). The predicted molar refractivity (Wildman–Crippen MR) is 151 cm³/mol. The molecule has 9 nitrogen and oxygen atoms in total. The van der Waals surface area contributed by atoms with Crippen molar-refractivity contribution in [2.45, 2.75) is 50.8 Å². The van der Waals surface area contributed by atoms with Crippen molar-refractivity contribution >= 4 is 32.9 Å². The van der Waals surface area contributed by atoms with Crippen LogP contribution in [-0.2, 0) is 14.8 Å². The van der Waals surface area contributed by atoms with Gasteiger partial charge in [-0.2, -0.15) is 4.31 Å². The number of halogens is 4. The molecule has 1 N–H and O–H groups in total. The summed E-state index contributed by atoms with van der Waals surface area (Å²) in [5, 5.41) is 2.87. The van der Waals surface area contributed by atoms with Gasteiger partial charge in [-0.3, -0.25) is 4.79 Å². The largest absolute Gasteiger partial charge is 0.444 e. The second-order valence-electron chi connectivity index (χ2n) is 11.3. The zero-order valence-corrected chi connectivity index (χ0v) is 25.1. The Bertz CT molecular complexity index is 1670. The monoisotopic (exact) mass is 624 g/mol. The second-order valence-corrected chi connectivity index (χ2v) is 13.3. The number of amides is 2. The van der Waals surface area contributed by atoms with Crippen molar-refractivity contribution in [2.24, 2.45) is 0 Å². The molecule has 1 fully saturated rings. The van der Waals surface area contributed by atoms with Gasteiger partial charge in [-0.25, -0.2) is 35.8 Å². The lowest BCUT2D eigenvalue weighted by Gasteiger charge is -2.24. The van der Waals surface area contributed by atoms with Gasteiger partial charge in [-0.15, -0.1) is 0 Å². The van der Waals surface area contributed by atoms with E-state index in [2.05, 4.69) is 10.3 Å². The average molecular weight is 625 g/mol. The number of alkyl halides is 1. The number of hydrogen-bond acceptors (Lipinski definition) is 6. The van der Waals surface area contributed by atoms with E-state index in [1.807, 2.05) is 0 Å². The summed E-state index contributed by atoms with van der Waals surface area (Å²) in [4.78, 5) is 29.5. The Morgan fingerprint density at radius 1 is 1.14 bits per heavy atom. The molecule has 0 radical (unpaired) electrons. The van der Waals surface area contributed by atoms with E-state index in [0.29, 0.717) is 17.7 Å². The first-order valence-electron chi connectivity index (χ1n) is 13.5. The molecule has 3 aromatic rings. The zero-order valence-electron chi connectivity index (χ0n) is 24.3. The number of nitrogens with one attached hydrogen (secondary N) is 1. The number of carbonyl (C=O) groups excluding carboxylic acids is 2. The molecule has 2 aromatic carbocycles. The highest BCUT2D eigenvalue weighted by atomic mass is 32.2. The maximum absolute atomic E-state index is 15.8. The smallest absolute Gasteiger partial charge is 0.410 e. The molecular weight excluding hydrogens is 592 g/mol. The van der Waals surface area contributed by atoms with Gasteiger partial charge in [0.05, 0.1) is 10.5 Å². The first-order chi connectivity index (χ1) is 20.0. The van der Waals surface area contributed by atoms with Crippen molar-refractivity contribution in [3.8, 4) is 11.1 Å². The van der Waals surface area contributed by atoms with Crippen LogP contribution in [0.2, 0.25) is 0 Å². The minimum atomic E-state index is -4.38. The van der Waals surface area contributed by atoms with Gasteiger partial charge in [0.2, 0.25) is 10.0 Å². The summed E-state index contributed by atoms with van der Waals surface area (Å²) in [7, 11) is -2.88. The molecule has 43 heavy (non-hydrogen) atoms. The summed E-state index contributed by atoms with van der Waals surface area (Å²) in [6.45, 7) is 6.32. The molecule has 1 aromatic heterocycles. The Balaban J connectivity index is 1.60. The number of sulfonamides is 1. The highest BCUT2D eigenvalue weighted by Gasteiger charge is 2.34. The normalized spacial score (nSPS) is 16.0. The Hall–Kier alpha value is -3.78. The van der Waals surface area contributed by atoms with Crippen LogP contribution in [0.5, 0.6) is 0 Å². The summed E-state index contributed by atoms with van der Waals surface area (Å²) in [5.74, 6) is -4.47. The number of carbonyl (C=O) groups is 2. The number of ether oxygens (including phenoxy) is 1. The van der Waals surface area contributed by atoms with Crippen LogP contribution in [0.1, 0.15) is 43.2 Å². The number of pyridine rings is 1. The average Bonchev–Trinajstić information content (AvgIpc) is 3.36. The molecule has 0 bridgehead atoms. The number of aryl methyl sites for hydroxylation is 1. The summed E-state index contributed by atoms with van der Waals surface area (Å²) >= 11 is 0. The zero-order chi connectivity index (χ0) is 31.9. The highest BCUT2D eigenvalue weighted by molar-refractivity contribution is 7.89. The quantitative estimate of drug-likeness (QED) is 0.373. The van der Waals surface area contributed by atoms with Crippen molar-refractivity contribution in [1.82, 2.24) is 19.5 Å². The molecule has 1 aliphatic heterocycles. The van der Waals surface area contributed by atoms with Crippen molar-refractivity contribution in [2.75, 3.05) is 33.2 Å². The van der Waals surface area contributed by atoms with Crippen molar-refractivity contribution in [1.29, 1.82) is 0 Å². The number of nitrogens with zero attached hydrogens (tertiary/aromatic N) is 3. The molecule has 0 aliphatic carbocycles. The standard InChI is InChI=1S/C29H32F4N4O5S/c1-16-12-20(24-21(31)13-18(14-22(24)32)43(40,41)37-10-8-17(30)15-37)25(33)26-19(16)6-7-23(35-26)27(38)34-9-11-36(5)28(39)42-29(2,3)4/h6-7,12-14,17H,8-11,15H2,1-5H3,(H,34,38)/t17-/m0/s1. The fourth-order valence-electron chi connectivity index (χ4n) is 4.61. The molecule has 2 amide bonds. The van der Waals surface area contributed by atoms with Crippen molar-refractivity contribution < 1.29 is 40.3 Å². The van der Waals surface area contributed by atoms with Gasteiger partial charge in [0.1, 0.15) is 34.6 Å². The molecule has 1 aliphatic rings. The van der Waals surface area contributed by atoms with E-state index in [1.165, 1.54) is 30.1 Å². The Morgan fingerprint density at radius 3 is 2.37 bits per heavy atom. The van der Waals surface area contributed by atoms with E-state index in [4.69, 9.17) is 4.74 Å². The van der Waals surface area contributed by atoms with E-state index in [9.17, 15) is 22.4 Å². The molecule has 0 unspecified atom stereocenters. The fourth-order valence-corrected chi connectivity index (χ4v) is 6.11. The van der Waals surface area contributed by atoms with Crippen molar-refractivity contribution in [3.63, 3.8) is 0 Å². The van der Waals surface area contributed by atoms with Gasteiger partial charge in [0, 0.05) is 44.2 Å². The molecule has 1 atom stereocenters. The van der Waals surface area contributed by atoms with Gasteiger partial charge >= 0.3 is 6.09 Å². The van der Waals surface area contributed by atoms with Crippen molar-refractivity contribution in [3.05, 3.63) is 59.0 Å². The predicted octanol–water partition coefficient (Wildman–Crippen LogP) is 4.96. The Morgan fingerprint density at radius 2 is 1.79 bits per heavy atom. The first-order valence-corrected chi connectivity index (χ1v) is 14.9. The van der Waals surface area contributed by atoms with Crippen LogP contribution in [-0.4, -0.2) is 79.6 Å². The molecule has 14 heteroatoms. The van der Waals surface area contributed by atoms with Gasteiger partial charge in [-0.05, 0) is 63.9 Å². The van der Waals surface area contributed by atoms with Crippen LogP contribution in [0.3, 0.4) is 0 Å². The molecule has 0 saturated carbocycles. The fraction of sp³-hybridized carbons (Fsp3) is 0.414.